The van der Waals surface area contributed by atoms with Crippen molar-refractivity contribution < 1.29 is 27.1 Å². The van der Waals surface area contributed by atoms with Crippen LogP contribution in [0.5, 0.6) is 0 Å². The minimum atomic E-state index is -4.51. The molecule has 32 heavy (non-hydrogen) atoms. The third-order valence-corrected chi connectivity index (χ3v) is 6.00. The van der Waals surface area contributed by atoms with Crippen LogP contribution in [0.15, 0.2) is 18.5 Å². The number of aromatic nitrogens is 2. The van der Waals surface area contributed by atoms with Crippen molar-refractivity contribution in [2.24, 2.45) is 5.41 Å². The van der Waals surface area contributed by atoms with E-state index >= 15 is 0 Å². The van der Waals surface area contributed by atoms with E-state index in [1.54, 1.807) is 4.90 Å². The smallest absolute Gasteiger partial charge is 0.410 e. The average molecular weight is 454 g/mol. The molecular formula is C22H26F4N4O2. The topological polar surface area (TPSA) is 58.6 Å². The number of halogens is 4. The van der Waals surface area contributed by atoms with Gasteiger partial charge in [-0.25, -0.2) is 19.2 Å². The fourth-order valence-electron chi connectivity index (χ4n) is 4.43. The predicted octanol–water partition coefficient (Wildman–Crippen LogP) is 4.71. The summed E-state index contributed by atoms with van der Waals surface area (Å²) in [4.78, 5) is 24.3. The number of nitrogens with zero attached hydrogens (tertiary/aromatic N) is 4. The number of likely N-dealkylation sites (tertiary alicyclic amines) is 1. The molecule has 0 aliphatic carbocycles. The molecule has 6 nitrogen and oxygen atoms in total. The minimum Gasteiger partial charge on any atom is -0.444 e. The number of carbonyl (C=O) groups is 1. The maximum absolute atomic E-state index is 14.2. The van der Waals surface area contributed by atoms with E-state index in [1.807, 2.05) is 25.7 Å². The van der Waals surface area contributed by atoms with Crippen molar-refractivity contribution in [1.29, 1.82) is 0 Å². The van der Waals surface area contributed by atoms with Crippen molar-refractivity contribution in [2.45, 2.75) is 51.8 Å². The Morgan fingerprint density at radius 2 is 1.78 bits per heavy atom. The van der Waals surface area contributed by atoms with E-state index in [0.29, 0.717) is 37.4 Å². The van der Waals surface area contributed by atoms with Gasteiger partial charge in [-0.3, -0.25) is 0 Å². The molecule has 0 radical (unpaired) electrons. The van der Waals surface area contributed by atoms with E-state index in [0.717, 1.165) is 18.9 Å². The third kappa shape index (κ3) is 4.73. The molecule has 2 fully saturated rings. The number of hydrogen-bond acceptors (Lipinski definition) is 5. The average Bonchev–Trinajstić information content (AvgIpc) is 2.64. The number of amides is 1. The zero-order chi connectivity index (χ0) is 23.3. The van der Waals surface area contributed by atoms with E-state index in [-0.39, 0.29) is 17.0 Å². The maximum Gasteiger partial charge on any atom is 0.410 e. The molecule has 1 spiro atoms. The summed E-state index contributed by atoms with van der Waals surface area (Å²) in [5.74, 6) is -0.410. The standard InChI is InChI=1S/C22H26F4N4O2/c1-20(2,3)32-19(31)29-6-4-21(5-7-29)11-30(12-21)18-15-8-14(10-22(24,25)26)16(23)9-17(15)27-13-28-18/h8-9,13H,4-7,10-12H2,1-3H3. The van der Waals surface area contributed by atoms with E-state index < -0.39 is 29.6 Å². The van der Waals surface area contributed by atoms with Gasteiger partial charge in [0.1, 0.15) is 23.6 Å². The summed E-state index contributed by atoms with van der Waals surface area (Å²) in [6.45, 7) is 8.03. The summed E-state index contributed by atoms with van der Waals surface area (Å²) >= 11 is 0. The highest BCUT2D eigenvalue weighted by molar-refractivity contribution is 5.90. The number of rotatable bonds is 2. The Balaban J connectivity index is 1.46. The zero-order valence-electron chi connectivity index (χ0n) is 18.3. The Hall–Kier alpha value is -2.65. The number of benzene rings is 1. The summed E-state index contributed by atoms with van der Waals surface area (Å²) in [5, 5.41) is 0.411. The first-order valence-electron chi connectivity index (χ1n) is 10.6. The van der Waals surface area contributed by atoms with Crippen LogP contribution in [0.25, 0.3) is 10.9 Å². The lowest BCUT2D eigenvalue weighted by Gasteiger charge is -2.54. The number of hydrogen-bond donors (Lipinski definition) is 0. The number of piperidine rings is 1. The molecule has 0 saturated carbocycles. The predicted molar refractivity (Wildman–Crippen MR) is 111 cm³/mol. The summed E-state index contributed by atoms with van der Waals surface area (Å²) in [7, 11) is 0. The summed E-state index contributed by atoms with van der Waals surface area (Å²) < 4.78 is 58.1. The molecule has 2 aromatic rings. The Morgan fingerprint density at radius 1 is 1.12 bits per heavy atom. The summed E-state index contributed by atoms with van der Waals surface area (Å²) in [5.41, 5.74) is -0.663. The van der Waals surface area contributed by atoms with Crippen molar-refractivity contribution in [1.82, 2.24) is 14.9 Å². The first kappa shape index (κ1) is 22.5. The highest BCUT2D eigenvalue weighted by Crippen LogP contribution is 2.44. The van der Waals surface area contributed by atoms with Crippen molar-refractivity contribution in [3.63, 3.8) is 0 Å². The molecule has 4 rings (SSSR count). The van der Waals surface area contributed by atoms with Gasteiger partial charge in [-0.2, -0.15) is 13.2 Å². The molecule has 1 amide bonds. The van der Waals surface area contributed by atoms with Crippen LogP contribution in [0, 0.1) is 11.2 Å². The third-order valence-electron chi connectivity index (χ3n) is 6.00. The first-order valence-corrected chi connectivity index (χ1v) is 10.6. The molecule has 174 valence electrons. The second-order valence-corrected chi connectivity index (χ2v) is 9.77. The monoisotopic (exact) mass is 454 g/mol. The van der Waals surface area contributed by atoms with Gasteiger partial charge in [-0.15, -0.1) is 0 Å². The number of carbonyl (C=O) groups excluding carboxylic acids is 1. The van der Waals surface area contributed by atoms with E-state index in [4.69, 9.17) is 4.74 Å². The number of alkyl halides is 3. The molecule has 3 heterocycles. The summed E-state index contributed by atoms with van der Waals surface area (Å²) in [6.07, 6.45) is -3.25. The van der Waals surface area contributed by atoms with Crippen LogP contribution in [-0.2, 0) is 11.2 Å². The highest BCUT2D eigenvalue weighted by atomic mass is 19.4. The molecule has 0 unspecified atom stereocenters. The van der Waals surface area contributed by atoms with Crippen LogP contribution in [0.2, 0.25) is 0 Å². The quantitative estimate of drug-likeness (QED) is 0.615. The molecule has 2 saturated heterocycles. The molecule has 1 aromatic heterocycles. The highest BCUT2D eigenvalue weighted by Gasteiger charge is 2.46. The SMILES string of the molecule is CC(C)(C)OC(=O)N1CCC2(CC1)CN(c1ncnc3cc(F)c(CC(F)(F)F)cc13)C2. The lowest BCUT2D eigenvalue weighted by atomic mass is 9.72. The van der Waals surface area contributed by atoms with Gasteiger partial charge < -0.3 is 14.5 Å². The lowest BCUT2D eigenvalue weighted by molar-refractivity contribution is -0.127. The van der Waals surface area contributed by atoms with Crippen LogP contribution < -0.4 is 4.90 Å². The van der Waals surface area contributed by atoms with Gasteiger partial charge >= 0.3 is 12.3 Å². The minimum absolute atomic E-state index is 0.0185. The normalized spacial score (nSPS) is 18.7. The summed E-state index contributed by atoms with van der Waals surface area (Å²) in [6, 6.07) is 2.25. The Bertz CT molecular complexity index is 1020. The number of fused-ring (bicyclic) bond motifs is 1. The van der Waals surface area contributed by atoms with Crippen molar-refractivity contribution in [3.8, 4) is 0 Å². The van der Waals surface area contributed by atoms with Crippen LogP contribution in [0.3, 0.4) is 0 Å². The Labute approximate surface area is 183 Å². The zero-order valence-corrected chi connectivity index (χ0v) is 18.3. The molecule has 1 aromatic carbocycles. The van der Waals surface area contributed by atoms with Crippen molar-refractivity contribution in [2.75, 3.05) is 31.1 Å². The van der Waals surface area contributed by atoms with E-state index in [9.17, 15) is 22.4 Å². The van der Waals surface area contributed by atoms with Gasteiger partial charge in [0.15, 0.2) is 0 Å². The number of ether oxygens (including phenoxy) is 1. The molecular weight excluding hydrogens is 428 g/mol. The molecule has 2 aliphatic rings. The van der Waals surface area contributed by atoms with Crippen LogP contribution in [0.1, 0.15) is 39.2 Å². The van der Waals surface area contributed by atoms with Gasteiger partial charge in [0.05, 0.1) is 11.9 Å². The second-order valence-electron chi connectivity index (χ2n) is 9.77. The van der Waals surface area contributed by atoms with Gasteiger partial charge in [-0.1, -0.05) is 0 Å². The van der Waals surface area contributed by atoms with E-state index in [2.05, 4.69) is 9.97 Å². The maximum atomic E-state index is 14.2. The Morgan fingerprint density at radius 3 is 2.38 bits per heavy atom. The van der Waals surface area contributed by atoms with Crippen molar-refractivity contribution in [3.05, 3.63) is 29.8 Å². The lowest BCUT2D eigenvalue weighted by Crippen LogP contribution is -2.61. The van der Waals surface area contributed by atoms with Gasteiger partial charge in [0.2, 0.25) is 0 Å². The molecule has 0 N–H and O–H groups in total. The molecule has 10 heteroatoms. The van der Waals surface area contributed by atoms with Gasteiger partial charge in [0, 0.05) is 43.0 Å². The largest absolute Gasteiger partial charge is 0.444 e. The van der Waals surface area contributed by atoms with Crippen LogP contribution in [-0.4, -0.2) is 58.9 Å². The van der Waals surface area contributed by atoms with Crippen LogP contribution >= 0.6 is 0 Å². The van der Waals surface area contributed by atoms with Gasteiger partial charge in [0.25, 0.3) is 0 Å². The fourth-order valence-corrected chi connectivity index (χ4v) is 4.43. The number of anilines is 1. The van der Waals surface area contributed by atoms with Gasteiger partial charge in [-0.05, 0) is 45.2 Å². The Kier molecular flexibility index (Phi) is 5.45. The molecule has 0 atom stereocenters. The van der Waals surface area contributed by atoms with Crippen molar-refractivity contribution >= 4 is 22.8 Å². The molecule has 2 aliphatic heterocycles. The molecule has 0 bridgehead atoms. The van der Waals surface area contributed by atoms with Crippen LogP contribution in [0.4, 0.5) is 28.2 Å². The first-order chi connectivity index (χ1) is 14.8. The fraction of sp³-hybridized carbons (Fsp3) is 0.591. The van der Waals surface area contributed by atoms with E-state index in [1.165, 1.54) is 12.4 Å². The second kappa shape index (κ2) is 7.74.